The molecule has 1 saturated heterocycles. The van der Waals surface area contributed by atoms with E-state index in [0.29, 0.717) is 19.6 Å². The first-order valence-electron chi connectivity index (χ1n) is 9.53. The molecule has 1 aliphatic heterocycles. The molecular formula is C19H24N2O4S3. The maximum absolute atomic E-state index is 13.2. The van der Waals surface area contributed by atoms with Crippen LogP contribution in [0, 0.1) is 0 Å². The summed E-state index contributed by atoms with van der Waals surface area (Å²) < 4.78 is 54.9. The number of piperidine rings is 1. The SMILES string of the molecule is O=S(=O)(c1ccc(S(=O)(=O)N(Cc2cccs2)C2CC2)cc1)N1CCCCC1. The van der Waals surface area contributed by atoms with Crippen LogP contribution in [-0.4, -0.2) is 44.6 Å². The molecule has 0 atom stereocenters. The normalized spacial score (nSPS) is 19.2. The molecule has 1 aromatic carbocycles. The maximum atomic E-state index is 13.2. The molecule has 0 bridgehead atoms. The molecule has 2 aromatic rings. The molecule has 4 rings (SSSR count). The number of thiophene rings is 1. The summed E-state index contributed by atoms with van der Waals surface area (Å²) in [6, 6.07) is 9.58. The zero-order valence-corrected chi connectivity index (χ0v) is 18.0. The van der Waals surface area contributed by atoms with E-state index in [1.54, 1.807) is 4.31 Å². The van der Waals surface area contributed by atoms with E-state index in [1.165, 1.54) is 39.9 Å². The van der Waals surface area contributed by atoms with Gasteiger partial charge >= 0.3 is 0 Å². The van der Waals surface area contributed by atoms with Gasteiger partial charge in [-0.2, -0.15) is 8.61 Å². The van der Waals surface area contributed by atoms with Gasteiger partial charge in [-0.3, -0.25) is 0 Å². The van der Waals surface area contributed by atoms with Gasteiger partial charge in [-0.25, -0.2) is 16.8 Å². The highest BCUT2D eigenvalue weighted by Crippen LogP contribution is 2.34. The van der Waals surface area contributed by atoms with Crippen molar-refractivity contribution in [2.75, 3.05) is 13.1 Å². The molecule has 0 radical (unpaired) electrons. The van der Waals surface area contributed by atoms with E-state index in [9.17, 15) is 16.8 Å². The Hall–Kier alpha value is -1.26. The molecule has 2 aliphatic rings. The van der Waals surface area contributed by atoms with Gasteiger partial charge in [0.2, 0.25) is 20.0 Å². The van der Waals surface area contributed by atoms with Gasteiger partial charge in [-0.05, 0) is 61.4 Å². The molecular weight excluding hydrogens is 416 g/mol. The zero-order chi connectivity index (χ0) is 19.8. The highest BCUT2D eigenvalue weighted by atomic mass is 32.2. The molecule has 0 N–H and O–H groups in total. The average molecular weight is 441 g/mol. The first kappa shape index (κ1) is 20.0. The van der Waals surface area contributed by atoms with Crippen LogP contribution < -0.4 is 0 Å². The molecule has 0 unspecified atom stereocenters. The zero-order valence-electron chi connectivity index (χ0n) is 15.5. The molecule has 1 aromatic heterocycles. The summed E-state index contributed by atoms with van der Waals surface area (Å²) in [5.74, 6) is 0. The second kappa shape index (κ2) is 7.87. The van der Waals surface area contributed by atoms with Crippen LogP contribution in [0.5, 0.6) is 0 Å². The van der Waals surface area contributed by atoms with E-state index in [1.807, 2.05) is 17.5 Å². The van der Waals surface area contributed by atoms with Gasteiger partial charge in [0.1, 0.15) is 0 Å². The Morgan fingerprint density at radius 1 is 0.929 bits per heavy atom. The summed E-state index contributed by atoms with van der Waals surface area (Å²) in [7, 11) is -7.23. The molecule has 1 aliphatic carbocycles. The van der Waals surface area contributed by atoms with Crippen LogP contribution >= 0.6 is 11.3 Å². The number of rotatable bonds is 7. The number of sulfonamides is 2. The Morgan fingerprint density at radius 2 is 1.57 bits per heavy atom. The van der Waals surface area contributed by atoms with E-state index in [0.717, 1.165) is 37.0 Å². The van der Waals surface area contributed by atoms with Gasteiger partial charge in [-0.15, -0.1) is 11.3 Å². The highest BCUT2D eigenvalue weighted by Gasteiger charge is 2.38. The van der Waals surface area contributed by atoms with Gasteiger partial charge in [0.25, 0.3) is 0 Å². The van der Waals surface area contributed by atoms with Crippen LogP contribution in [0.1, 0.15) is 37.0 Å². The smallest absolute Gasteiger partial charge is 0.207 e. The van der Waals surface area contributed by atoms with Gasteiger partial charge in [0.05, 0.1) is 9.79 Å². The highest BCUT2D eigenvalue weighted by molar-refractivity contribution is 7.89. The molecule has 152 valence electrons. The van der Waals surface area contributed by atoms with Crippen LogP contribution in [0.3, 0.4) is 0 Å². The quantitative estimate of drug-likeness (QED) is 0.662. The largest absolute Gasteiger partial charge is 0.243 e. The Bertz CT molecular complexity index is 1010. The maximum Gasteiger partial charge on any atom is 0.243 e. The Balaban J connectivity index is 1.58. The van der Waals surface area contributed by atoms with Crippen LogP contribution in [-0.2, 0) is 26.6 Å². The van der Waals surface area contributed by atoms with Crippen molar-refractivity contribution in [2.45, 2.75) is 54.5 Å². The Labute approximate surface area is 170 Å². The third kappa shape index (κ3) is 4.04. The lowest BCUT2D eigenvalue weighted by atomic mass is 10.2. The molecule has 0 spiro atoms. The average Bonchev–Trinajstić information content (AvgIpc) is 3.41. The molecule has 6 nitrogen and oxygen atoms in total. The fraction of sp³-hybridized carbons (Fsp3) is 0.474. The molecule has 0 amide bonds. The Morgan fingerprint density at radius 3 is 2.14 bits per heavy atom. The molecule has 1 saturated carbocycles. The Kier molecular flexibility index (Phi) is 5.63. The summed E-state index contributed by atoms with van der Waals surface area (Å²) in [5, 5.41) is 1.94. The first-order valence-corrected chi connectivity index (χ1v) is 13.3. The van der Waals surface area contributed by atoms with Crippen molar-refractivity contribution in [3.05, 3.63) is 46.7 Å². The minimum Gasteiger partial charge on any atom is -0.207 e. The minimum atomic E-state index is -3.67. The van der Waals surface area contributed by atoms with Crippen LogP contribution in [0.4, 0.5) is 0 Å². The van der Waals surface area contributed by atoms with E-state index in [4.69, 9.17) is 0 Å². The lowest BCUT2D eigenvalue weighted by molar-refractivity contribution is 0.346. The van der Waals surface area contributed by atoms with E-state index in [-0.39, 0.29) is 15.8 Å². The predicted octanol–water partition coefficient (Wildman–Crippen LogP) is 3.28. The van der Waals surface area contributed by atoms with E-state index < -0.39 is 20.0 Å². The third-order valence-corrected chi connectivity index (χ3v) is 9.92. The van der Waals surface area contributed by atoms with Crippen molar-refractivity contribution in [3.8, 4) is 0 Å². The fourth-order valence-corrected chi connectivity index (χ4v) is 7.47. The molecule has 9 heteroatoms. The van der Waals surface area contributed by atoms with Crippen molar-refractivity contribution in [1.29, 1.82) is 0 Å². The van der Waals surface area contributed by atoms with E-state index in [2.05, 4.69) is 0 Å². The van der Waals surface area contributed by atoms with Crippen LogP contribution in [0.15, 0.2) is 51.6 Å². The summed E-state index contributed by atoms with van der Waals surface area (Å²) in [6.45, 7) is 1.41. The summed E-state index contributed by atoms with van der Waals surface area (Å²) in [6.07, 6.45) is 4.51. The number of hydrogen-bond donors (Lipinski definition) is 0. The lowest BCUT2D eigenvalue weighted by Gasteiger charge is -2.26. The molecule has 2 heterocycles. The van der Waals surface area contributed by atoms with Gasteiger partial charge in [0.15, 0.2) is 0 Å². The van der Waals surface area contributed by atoms with Crippen molar-refractivity contribution in [3.63, 3.8) is 0 Å². The standard InChI is InChI=1S/C19H24N2O4S3/c22-27(23,20-12-2-1-3-13-20)18-8-10-19(11-9-18)28(24,25)21(16-6-7-16)15-17-5-4-14-26-17/h4-5,8-11,14,16H,1-3,6-7,12-13,15H2. The van der Waals surface area contributed by atoms with Crippen molar-refractivity contribution >= 4 is 31.4 Å². The molecule has 2 fully saturated rings. The first-order chi connectivity index (χ1) is 13.4. The number of nitrogens with zero attached hydrogens (tertiary/aromatic N) is 2. The molecule has 28 heavy (non-hydrogen) atoms. The third-order valence-electron chi connectivity index (χ3n) is 5.23. The summed E-state index contributed by atoms with van der Waals surface area (Å²) in [4.78, 5) is 1.30. The topological polar surface area (TPSA) is 74.8 Å². The predicted molar refractivity (Wildman–Crippen MR) is 109 cm³/mol. The van der Waals surface area contributed by atoms with Crippen LogP contribution in [0.25, 0.3) is 0 Å². The fourth-order valence-electron chi connectivity index (χ4n) is 3.50. The van der Waals surface area contributed by atoms with E-state index >= 15 is 0 Å². The number of benzene rings is 1. The van der Waals surface area contributed by atoms with Gasteiger partial charge in [-0.1, -0.05) is 12.5 Å². The minimum absolute atomic E-state index is 0.0314. The summed E-state index contributed by atoms with van der Waals surface area (Å²) >= 11 is 1.54. The monoisotopic (exact) mass is 440 g/mol. The second-order valence-electron chi connectivity index (χ2n) is 7.30. The van der Waals surface area contributed by atoms with Gasteiger partial charge < -0.3 is 0 Å². The number of hydrogen-bond acceptors (Lipinski definition) is 5. The summed E-state index contributed by atoms with van der Waals surface area (Å²) in [5.41, 5.74) is 0. The van der Waals surface area contributed by atoms with Crippen LogP contribution in [0.2, 0.25) is 0 Å². The van der Waals surface area contributed by atoms with Crippen molar-refractivity contribution < 1.29 is 16.8 Å². The lowest BCUT2D eigenvalue weighted by Crippen LogP contribution is -2.35. The van der Waals surface area contributed by atoms with Crippen molar-refractivity contribution in [2.24, 2.45) is 0 Å². The van der Waals surface area contributed by atoms with Crippen molar-refractivity contribution in [1.82, 2.24) is 8.61 Å². The van der Waals surface area contributed by atoms with Gasteiger partial charge in [0, 0.05) is 30.6 Å². The second-order valence-corrected chi connectivity index (χ2v) is 12.2.